The van der Waals surface area contributed by atoms with Crippen molar-refractivity contribution in [3.8, 4) is 0 Å². The normalized spacial score (nSPS) is 11.4. The van der Waals surface area contributed by atoms with E-state index < -0.39 is 20.6 Å². The summed E-state index contributed by atoms with van der Waals surface area (Å²) >= 11 is 0. The monoisotopic (exact) mass is 283 g/mol. The van der Waals surface area contributed by atoms with Crippen LogP contribution < -0.4 is 5.69 Å². The smallest absolute Gasteiger partial charge is 0.309 e. The van der Waals surface area contributed by atoms with Gasteiger partial charge in [-0.25, -0.2) is 13.2 Å². The lowest BCUT2D eigenvalue weighted by molar-refractivity contribution is -0.384. The van der Waals surface area contributed by atoms with Crippen LogP contribution in [0.5, 0.6) is 0 Å². The Bertz CT molecular complexity index is 785. The molecule has 0 saturated carbocycles. The number of aromatic nitrogens is 2. The molecule has 0 amide bonds. The maximum absolute atomic E-state index is 12.1. The second-order valence-corrected chi connectivity index (χ2v) is 5.61. The highest BCUT2D eigenvalue weighted by Crippen LogP contribution is 2.17. The van der Waals surface area contributed by atoms with Crippen LogP contribution in [0.4, 0.5) is 5.69 Å². The quantitative estimate of drug-likeness (QED) is 0.655. The lowest BCUT2D eigenvalue weighted by Crippen LogP contribution is -2.24. The Kier molecular flexibility index (Phi) is 2.98. The van der Waals surface area contributed by atoms with E-state index in [0.717, 1.165) is 30.5 Å². The lowest BCUT2D eigenvalue weighted by atomic mass is 10.3. The van der Waals surface area contributed by atoms with Crippen molar-refractivity contribution in [3.63, 3.8) is 0 Å². The van der Waals surface area contributed by atoms with Crippen LogP contribution in [0, 0.1) is 17.0 Å². The number of H-pyrrole nitrogens is 1. The van der Waals surface area contributed by atoms with Gasteiger partial charge in [-0.2, -0.15) is 3.97 Å². The average molecular weight is 283 g/mol. The SMILES string of the molecule is Cc1cn(S(=O)(=O)c2ccc([N+](=O)[O-])cc2)c(=O)[nH]1. The summed E-state index contributed by atoms with van der Waals surface area (Å²) in [5.41, 5.74) is -0.608. The first-order valence-corrected chi connectivity index (χ1v) is 6.54. The zero-order valence-electron chi connectivity index (χ0n) is 9.73. The van der Waals surface area contributed by atoms with Crippen molar-refractivity contribution in [1.82, 2.24) is 8.96 Å². The number of hydrogen-bond donors (Lipinski definition) is 1. The molecule has 1 aromatic heterocycles. The van der Waals surface area contributed by atoms with E-state index in [1.807, 2.05) is 0 Å². The van der Waals surface area contributed by atoms with E-state index in [2.05, 4.69) is 4.98 Å². The Morgan fingerprint density at radius 1 is 1.26 bits per heavy atom. The van der Waals surface area contributed by atoms with Gasteiger partial charge in [-0.05, 0) is 19.1 Å². The summed E-state index contributed by atoms with van der Waals surface area (Å²) in [6, 6.07) is 4.30. The van der Waals surface area contributed by atoms with E-state index in [1.54, 1.807) is 6.92 Å². The van der Waals surface area contributed by atoms with Crippen molar-refractivity contribution in [2.45, 2.75) is 11.8 Å². The van der Waals surface area contributed by atoms with Gasteiger partial charge in [0.1, 0.15) is 0 Å². The fourth-order valence-electron chi connectivity index (χ4n) is 1.52. The van der Waals surface area contributed by atoms with Gasteiger partial charge in [0.2, 0.25) is 0 Å². The standard InChI is InChI=1S/C10H9N3O5S/c1-7-6-12(10(14)11-7)19(17,18)9-4-2-8(3-5-9)13(15)16/h2-6H,1H3,(H,11,14). The Morgan fingerprint density at radius 2 is 1.84 bits per heavy atom. The number of imidazole rings is 1. The fourth-order valence-corrected chi connectivity index (χ4v) is 2.79. The maximum Gasteiger partial charge on any atom is 0.339 e. The molecular formula is C10H9N3O5S. The molecule has 0 spiro atoms. The predicted molar refractivity (Wildman–Crippen MR) is 65.5 cm³/mol. The van der Waals surface area contributed by atoms with Crippen molar-refractivity contribution in [2.24, 2.45) is 0 Å². The van der Waals surface area contributed by atoms with E-state index in [9.17, 15) is 23.3 Å². The number of benzene rings is 1. The van der Waals surface area contributed by atoms with Crippen molar-refractivity contribution in [1.29, 1.82) is 0 Å². The van der Waals surface area contributed by atoms with Crippen LogP contribution in [0.1, 0.15) is 5.69 Å². The number of nitrogens with zero attached hydrogens (tertiary/aromatic N) is 2. The van der Waals surface area contributed by atoms with Gasteiger partial charge >= 0.3 is 5.69 Å². The van der Waals surface area contributed by atoms with E-state index in [4.69, 9.17) is 0 Å². The van der Waals surface area contributed by atoms with Gasteiger partial charge in [0.15, 0.2) is 0 Å². The van der Waals surface area contributed by atoms with Crippen LogP contribution in [0.3, 0.4) is 0 Å². The second kappa shape index (κ2) is 4.35. The van der Waals surface area contributed by atoms with E-state index in [-0.39, 0.29) is 10.6 Å². The highest BCUT2D eigenvalue weighted by molar-refractivity contribution is 7.90. The molecule has 0 fully saturated rings. The average Bonchev–Trinajstić information content (AvgIpc) is 2.69. The molecule has 0 aliphatic carbocycles. The molecule has 8 nitrogen and oxygen atoms in total. The Morgan fingerprint density at radius 3 is 2.26 bits per heavy atom. The van der Waals surface area contributed by atoms with Crippen LogP contribution >= 0.6 is 0 Å². The van der Waals surface area contributed by atoms with Gasteiger partial charge in [-0.3, -0.25) is 10.1 Å². The van der Waals surface area contributed by atoms with E-state index in [0.29, 0.717) is 9.67 Å². The molecule has 0 aliphatic rings. The number of hydrogen-bond acceptors (Lipinski definition) is 5. The van der Waals surface area contributed by atoms with Crippen molar-refractivity contribution in [2.75, 3.05) is 0 Å². The molecule has 0 aliphatic heterocycles. The molecule has 1 heterocycles. The maximum atomic E-state index is 12.1. The number of rotatable bonds is 3. The Balaban J connectivity index is 2.54. The molecule has 0 atom stereocenters. The first-order chi connectivity index (χ1) is 8.82. The topological polar surface area (TPSA) is 115 Å². The zero-order chi connectivity index (χ0) is 14.2. The molecule has 2 rings (SSSR count). The summed E-state index contributed by atoms with van der Waals surface area (Å²) in [6.07, 6.45) is 1.15. The second-order valence-electron chi connectivity index (χ2n) is 3.79. The minimum atomic E-state index is -4.04. The van der Waals surface area contributed by atoms with Crippen LogP contribution in [-0.2, 0) is 10.0 Å². The Labute approximate surface area is 107 Å². The number of nitro benzene ring substituents is 1. The predicted octanol–water partition coefficient (Wildman–Crippen LogP) is 0.630. The number of nitrogens with one attached hydrogen (secondary N) is 1. The molecular weight excluding hydrogens is 274 g/mol. The first-order valence-electron chi connectivity index (χ1n) is 5.10. The van der Waals surface area contributed by atoms with E-state index >= 15 is 0 Å². The minimum Gasteiger partial charge on any atom is -0.309 e. The molecule has 19 heavy (non-hydrogen) atoms. The molecule has 0 radical (unpaired) electrons. The third kappa shape index (κ3) is 2.27. The van der Waals surface area contributed by atoms with Gasteiger partial charge in [-0.15, -0.1) is 0 Å². The molecule has 0 bridgehead atoms. The molecule has 100 valence electrons. The number of nitro groups is 1. The molecule has 0 saturated heterocycles. The van der Waals surface area contributed by atoms with Gasteiger partial charge in [-0.1, -0.05) is 0 Å². The summed E-state index contributed by atoms with van der Waals surface area (Å²) in [5.74, 6) is 0. The minimum absolute atomic E-state index is 0.195. The number of aromatic amines is 1. The zero-order valence-corrected chi connectivity index (χ0v) is 10.5. The summed E-state index contributed by atoms with van der Waals surface area (Å²) in [7, 11) is -4.04. The number of non-ortho nitro benzene ring substituents is 1. The highest BCUT2D eigenvalue weighted by Gasteiger charge is 2.20. The molecule has 9 heteroatoms. The summed E-state index contributed by atoms with van der Waals surface area (Å²) in [5, 5.41) is 10.5. The summed E-state index contributed by atoms with van der Waals surface area (Å²) in [6.45, 7) is 1.54. The van der Waals surface area contributed by atoms with Crippen LogP contribution in [0.15, 0.2) is 40.2 Å². The summed E-state index contributed by atoms with van der Waals surface area (Å²) < 4.78 is 24.8. The molecule has 1 aromatic carbocycles. The molecule has 2 aromatic rings. The van der Waals surface area contributed by atoms with Gasteiger partial charge in [0.05, 0.1) is 9.82 Å². The number of aryl methyl sites for hydroxylation is 1. The van der Waals surface area contributed by atoms with E-state index in [1.165, 1.54) is 0 Å². The van der Waals surface area contributed by atoms with Gasteiger partial charge < -0.3 is 4.98 Å². The van der Waals surface area contributed by atoms with Crippen LogP contribution in [0.25, 0.3) is 0 Å². The fraction of sp³-hybridized carbons (Fsp3) is 0.100. The largest absolute Gasteiger partial charge is 0.339 e. The van der Waals surface area contributed by atoms with Crippen LogP contribution in [-0.4, -0.2) is 22.3 Å². The van der Waals surface area contributed by atoms with Crippen molar-refractivity contribution in [3.05, 3.63) is 56.8 Å². The Hall–Kier alpha value is -2.42. The van der Waals surface area contributed by atoms with Crippen molar-refractivity contribution < 1.29 is 13.3 Å². The van der Waals surface area contributed by atoms with Crippen molar-refractivity contribution >= 4 is 15.7 Å². The van der Waals surface area contributed by atoms with Gasteiger partial charge in [0.25, 0.3) is 15.7 Å². The molecule has 1 N–H and O–H groups in total. The summed E-state index contributed by atoms with van der Waals surface area (Å²) in [4.78, 5) is 23.4. The molecule has 0 unspecified atom stereocenters. The highest BCUT2D eigenvalue weighted by atomic mass is 32.2. The van der Waals surface area contributed by atoms with Gasteiger partial charge in [0, 0.05) is 24.0 Å². The third-order valence-corrected chi connectivity index (χ3v) is 4.08. The van der Waals surface area contributed by atoms with Crippen LogP contribution in [0.2, 0.25) is 0 Å². The third-order valence-electron chi connectivity index (χ3n) is 2.42. The lowest BCUT2D eigenvalue weighted by Gasteiger charge is -2.03. The first kappa shape index (κ1) is 13.0.